The van der Waals surface area contributed by atoms with Crippen LogP contribution in [0, 0.1) is 13.8 Å². The first-order valence-electron chi connectivity index (χ1n) is 8.05. The summed E-state index contributed by atoms with van der Waals surface area (Å²) in [5.41, 5.74) is 2.42. The summed E-state index contributed by atoms with van der Waals surface area (Å²) in [6, 6.07) is 3.99. The van der Waals surface area contributed by atoms with E-state index in [1.165, 1.54) is 0 Å². The average Bonchev–Trinajstić information content (AvgIpc) is 2.45. The Hall–Kier alpha value is -1.84. The van der Waals surface area contributed by atoms with E-state index >= 15 is 0 Å². The molecule has 0 aromatic heterocycles. The Morgan fingerprint density at radius 3 is 2.59 bits per heavy atom. The van der Waals surface area contributed by atoms with E-state index in [1.807, 2.05) is 37.8 Å². The summed E-state index contributed by atoms with van der Waals surface area (Å²) < 4.78 is 6.30. The molecule has 1 aromatic rings. The molecule has 1 aromatic carbocycles. The van der Waals surface area contributed by atoms with E-state index in [9.17, 15) is 9.59 Å². The van der Waals surface area contributed by atoms with Crippen LogP contribution in [0.2, 0.25) is 0 Å². The molecule has 2 aliphatic heterocycles. The molecule has 0 atom stereocenters. The molecule has 1 saturated heterocycles. The maximum absolute atomic E-state index is 12.6. The number of Topliss-reactive ketones (excluding diaryl/α,β-unsaturated/α-hetero) is 1. The van der Waals surface area contributed by atoms with Crippen molar-refractivity contribution in [3.05, 3.63) is 28.8 Å². The number of ketones is 1. The van der Waals surface area contributed by atoms with Gasteiger partial charge in [-0.25, -0.2) is 0 Å². The maximum Gasteiger partial charge on any atom is 0.222 e. The maximum atomic E-state index is 12.6. The Morgan fingerprint density at radius 1 is 1.27 bits per heavy atom. The number of hydrogen-bond donors (Lipinski definition) is 0. The predicted molar refractivity (Wildman–Crippen MR) is 84.3 cm³/mol. The lowest BCUT2D eigenvalue weighted by molar-refractivity contribution is -0.134. The number of aryl methyl sites for hydroxylation is 2. The Bertz CT molecular complexity index is 627. The molecular formula is C18H23NO3. The average molecular weight is 301 g/mol. The third-order valence-electron chi connectivity index (χ3n) is 4.86. The van der Waals surface area contributed by atoms with Crippen LogP contribution in [0.3, 0.4) is 0 Å². The molecule has 0 aliphatic carbocycles. The van der Waals surface area contributed by atoms with E-state index < -0.39 is 5.60 Å². The minimum absolute atomic E-state index is 0.175. The van der Waals surface area contributed by atoms with Crippen molar-refractivity contribution in [2.24, 2.45) is 0 Å². The van der Waals surface area contributed by atoms with Gasteiger partial charge in [-0.3, -0.25) is 9.59 Å². The molecule has 0 saturated carbocycles. The molecule has 118 valence electrons. The SMILES string of the molecule is CCC(=O)N1CCC2(CC1)CC(=O)c1c(C)cc(C)cc1O2. The standard InChI is InChI=1S/C18H23NO3/c1-4-16(21)19-7-5-18(6-8-19)11-14(20)17-13(3)9-12(2)10-15(17)22-18/h9-10H,4-8,11H2,1-3H3. The zero-order chi connectivity index (χ0) is 15.9. The molecule has 2 heterocycles. The van der Waals surface area contributed by atoms with Crippen molar-refractivity contribution in [1.29, 1.82) is 0 Å². The number of piperidine rings is 1. The third-order valence-corrected chi connectivity index (χ3v) is 4.86. The summed E-state index contributed by atoms with van der Waals surface area (Å²) in [6.45, 7) is 7.23. The van der Waals surface area contributed by atoms with E-state index in [-0.39, 0.29) is 11.7 Å². The van der Waals surface area contributed by atoms with Crippen LogP contribution in [0.4, 0.5) is 0 Å². The highest BCUT2D eigenvalue weighted by Gasteiger charge is 2.43. The molecular weight excluding hydrogens is 278 g/mol. The summed E-state index contributed by atoms with van der Waals surface area (Å²) in [7, 11) is 0. The molecule has 0 N–H and O–H groups in total. The molecule has 4 nitrogen and oxygen atoms in total. The Labute approximate surface area is 131 Å². The first-order valence-corrected chi connectivity index (χ1v) is 8.05. The highest BCUT2D eigenvalue weighted by Crippen LogP contribution is 2.41. The molecule has 2 aliphatic rings. The van der Waals surface area contributed by atoms with Gasteiger partial charge >= 0.3 is 0 Å². The van der Waals surface area contributed by atoms with Gasteiger partial charge in [-0.15, -0.1) is 0 Å². The Balaban J connectivity index is 1.84. The Kier molecular flexibility index (Phi) is 3.71. The van der Waals surface area contributed by atoms with Gasteiger partial charge in [0.15, 0.2) is 5.78 Å². The first kappa shape index (κ1) is 15.1. The van der Waals surface area contributed by atoms with E-state index in [4.69, 9.17) is 4.74 Å². The second-order valence-electron chi connectivity index (χ2n) is 6.57. The number of rotatable bonds is 1. The lowest BCUT2D eigenvalue weighted by Gasteiger charge is -2.44. The monoisotopic (exact) mass is 301 g/mol. The van der Waals surface area contributed by atoms with Crippen LogP contribution in [-0.4, -0.2) is 35.3 Å². The summed E-state index contributed by atoms with van der Waals surface area (Å²) in [5.74, 6) is 1.09. The van der Waals surface area contributed by atoms with E-state index in [0.29, 0.717) is 25.9 Å². The molecule has 4 heteroatoms. The molecule has 22 heavy (non-hydrogen) atoms. The lowest BCUT2D eigenvalue weighted by Crippen LogP contribution is -2.52. The number of fused-ring (bicyclic) bond motifs is 1. The summed E-state index contributed by atoms with van der Waals surface area (Å²) in [6.07, 6.45) is 2.43. The van der Waals surface area contributed by atoms with Crippen molar-refractivity contribution in [2.45, 2.75) is 52.1 Å². The fraction of sp³-hybridized carbons (Fsp3) is 0.556. The van der Waals surface area contributed by atoms with Gasteiger partial charge in [-0.2, -0.15) is 0 Å². The zero-order valence-electron chi connectivity index (χ0n) is 13.6. The fourth-order valence-electron chi connectivity index (χ4n) is 3.68. The van der Waals surface area contributed by atoms with Crippen LogP contribution < -0.4 is 4.74 Å². The topological polar surface area (TPSA) is 46.6 Å². The quantitative estimate of drug-likeness (QED) is 0.801. The minimum atomic E-state index is -0.422. The van der Waals surface area contributed by atoms with Crippen molar-refractivity contribution in [3.8, 4) is 5.75 Å². The number of hydrogen-bond acceptors (Lipinski definition) is 3. The highest BCUT2D eigenvalue weighted by atomic mass is 16.5. The molecule has 1 fully saturated rings. The third kappa shape index (κ3) is 2.51. The predicted octanol–water partition coefficient (Wildman–Crippen LogP) is 3.04. The van der Waals surface area contributed by atoms with Gasteiger partial charge in [-0.1, -0.05) is 13.0 Å². The smallest absolute Gasteiger partial charge is 0.222 e. The van der Waals surface area contributed by atoms with Crippen molar-refractivity contribution < 1.29 is 14.3 Å². The first-order chi connectivity index (χ1) is 10.4. The summed E-state index contributed by atoms with van der Waals surface area (Å²) in [4.78, 5) is 26.3. The van der Waals surface area contributed by atoms with Gasteiger partial charge in [0.1, 0.15) is 11.4 Å². The van der Waals surface area contributed by atoms with E-state index in [0.717, 1.165) is 35.3 Å². The van der Waals surface area contributed by atoms with Gasteiger partial charge in [0.2, 0.25) is 5.91 Å². The normalized spacial score (nSPS) is 19.8. The van der Waals surface area contributed by atoms with Crippen LogP contribution in [0.5, 0.6) is 5.75 Å². The molecule has 3 rings (SSSR count). The van der Waals surface area contributed by atoms with Crippen LogP contribution >= 0.6 is 0 Å². The number of amides is 1. The second-order valence-corrected chi connectivity index (χ2v) is 6.57. The zero-order valence-corrected chi connectivity index (χ0v) is 13.6. The van der Waals surface area contributed by atoms with Crippen LogP contribution in [0.1, 0.15) is 54.1 Å². The van der Waals surface area contributed by atoms with Gasteiger partial charge in [0.25, 0.3) is 0 Å². The Morgan fingerprint density at radius 2 is 1.95 bits per heavy atom. The molecule has 0 radical (unpaired) electrons. The highest BCUT2D eigenvalue weighted by molar-refractivity contribution is 6.01. The van der Waals surface area contributed by atoms with Gasteiger partial charge < -0.3 is 9.64 Å². The van der Waals surface area contributed by atoms with E-state index in [1.54, 1.807) is 0 Å². The number of carbonyl (C=O) groups excluding carboxylic acids is 2. The molecule has 1 spiro atoms. The van der Waals surface area contributed by atoms with Gasteiger partial charge in [-0.05, 0) is 31.0 Å². The number of benzene rings is 1. The van der Waals surface area contributed by atoms with Crippen LogP contribution in [0.15, 0.2) is 12.1 Å². The van der Waals surface area contributed by atoms with Crippen molar-refractivity contribution in [1.82, 2.24) is 4.90 Å². The van der Waals surface area contributed by atoms with Crippen LogP contribution in [0.25, 0.3) is 0 Å². The van der Waals surface area contributed by atoms with Crippen molar-refractivity contribution in [2.75, 3.05) is 13.1 Å². The number of ether oxygens (including phenoxy) is 1. The summed E-state index contributed by atoms with van der Waals surface area (Å²) in [5, 5.41) is 0. The molecule has 1 amide bonds. The second kappa shape index (κ2) is 5.41. The van der Waals surface area contributed by atoms with E-state index in [2.05, 4.69) is 0 Å². The fourth-order valence-corrected chi connectivity index (χ4v) is 3.68. The van der Waals surface area contributed by atoms with Crippen molar-refractivity contribution >= 4 is 11.7 Å². The molecule has 0 unspecified atom stereocenters. The lowest BCUT2D eigenvalue weighted by atomic mass is 9.81. The number of carbonyl (C=O) groups is 2. The summed E-state index contributed by atoms with van der Waals surface area (Å²) >= 11 is 0. The minimum Gasteiger partial charge on any atom is -0.486 e. The van der Waals surface area contributed by atoms with Gasteiger partial charge in [0, 0.05) is 32.4 Å². The largest absolute Gasteiger partial charge is 0.486 e. The van der Waals surface area contributed by atoms with Crippen LogP contribution in [-0.2, 0) is 4.79 Å². The van der Waals surface area contributed by atoms with Gasteiger partial charge in [0.05, 0.1) is 12.0 Å². The number of likely N-dealkylation sites (tertiary alicyclic amines) is 1. The van der Waals surface area contributed by atoms with Crippen molar-refractivity contribution in [3.63, 3.8) is 0 Å². The molecule has 0 bridgehead atoms. The number of nitrogens with zero attached hydrogens (tertiary/aromatic N) is 1.